The summed E-state index contributed by atoms with van der Waals surface area (Å²) in [5.41, 5.74) is 0. The topological polar surface area (TPSA) is 68.3 Å². The lowest BCUT2D eigenvalue weighted by molar-refractivity contribution is 0.0606. The van der Waals surface area contributed by atoms with Gasteiger partial charge in [-0.1, -0.05) is 11.3 Å². The van der Waals surface area contributed by atoms with Gasteiger partial charge in [-0.25, -0.2) is 9.78 Å². The van der Waals surface area contributed by atoms with E-state index in [1.807, 2.05) is 6.92 Å². The molecule has 0 amide bonds. The van der Waals surface area contributed by atoms with E-state index >= 15 is 0 Å². The number of carbonyl (C=O) groups excluding carboxylic acids is 1. The lowest BCUT2D eigenvalue weighted by atomic mass is 10.5. The second kappa shape index (κ2) is 5.95. The molecule has 2 unspecified atom stereocenters. The highest BCUT2D eigenvalue weighted by atomic mass is 32.2. The van der Waals surface area contributed by atoms with Gasteiger partial charge >= 0.3 is 5.97 Å². The van der Waals surface area contributed by atoms with Gasteiger partial charge in [-0.05, 0) is 6.92 Å². The van der Waals surface area contributed by atoms with Crippen molar-refractivity contribution < 1.29 is 13.7 Å². The molecular weight excluding hydrogens is 248 g/mol. The number of ether oxygens (including phenoxy) is 1. The number of hydrogen-bond donors (Lipinski definition) is 1. The molecule has 1 heterocycles. The van der Waals surface area contributed by atoms with Crippen molar-refractivity contribution in [2.24, 2.45) is 0 Å². The standard InChI is InChI=1S/C9H14N2O3S2/c1-6(16(3)13)4-10-9-11-5-7(15-9)8(12)14-2/h5-6H,4H2,1-3H3,(H,10,11). The summed E-state index contributed by atoms with van der Waals surface area (Å²) in [6.07, 6.45) is 3.13. The number of methoxy groups -OCH3 is 1. The Balaban J connectivity index is 2.53. The third-order valence-electron chi connectivity index (χ3n) is 2.00. The van der Waals surface area contributed by atoms with Crippen molar-refractivity contribution in [1.82, 2.24) is 4.98 Å². The largest absolute Gasteiger partial charge is 0.465 e. The minimum Gasteiger partial charge on any atom is -0.465 e. The Kier molecular flexibility index (Phi) is 4.88. The molecule has 0 aliphatic heterocycles. The molecule has 0 aliphatic carbocycles. The predicted molar refractivity (Wildman–Crippen MR) is 65.5 cm³/mol. The Morgan fingerprint density at radius 1 is 1.75 bits per heavy atom. The van der Waals surface area contributed by atoms with Crippen LogP contribution in [0.1, 0.15) is 16.6 Å². The maximum Gasteiger partial charge on any atom is 0.349 e. The van der Waals surface area contributed by atoms with E-state index in [1.54, 1.807) is 6.26 Å². The molecule has 0 aliphatic rings. The average molecular weight is 262 g/mol. The maximum absolute atomic E-state index is 11.1. The summed E-state index contributed by atoms with van der Waals surface area (Å²) in [4.78, 5) is 15.6. The van der Waals surface area contributed by atoms with Crippen molar-refractivity contribution in [3.05, 3.63) is 11.1 Å². The van der Waals surface area contributed by atoms with Crippen molar-refractivity contribution in [3.63, 3.8) is 0 Å². The Bertz CT molecular complexity index is 392. The van der Waals surface area contributed by atoms with Crippen molar-refractivity contribution in [2.75, 3.05) is 25.2 Å². The molecule has 1 aromatic rings. The molecule has 7 heteroatoms. The highest BCUT2D eigenvalue weighted by molar-refractivity contribution is 7.84. The van der Waals surface area contributed by atoms with Gasteiger partial charge in [0.2, 0.25) is 0 Å². The third-order valence-corrected chi connectivity index (χ3v) is 4.23. The van der Waals surface area contributed by atoms with Gasteiger partial charge in [-0.2, -0.15) is 0 Å². The van der Waals surface area contributed by atoms with Crippen LogP contribution in [0.4, 0.5) is 5.13 Å². The van der Waals surface area contributed by atoms with E-state index in [1.165, 1.54) is 24.6 Å². The summed E-state index contributed by atoms with van der Waals surface area (Å²) in [5, 5.41) is 3.72. The lowest BCUT2D eigenvalue weighted by Crippen LogP contribution is -2.20. The summed E-state index contributed by atoms with van der Waals surface area (Å²) in [6, 6.07) is 0. The first kappa shape index (κ1) is 13.1. The van der Waals surface area contributed by atoms with Crippen LogP contribution in [-0.4, -0.2) is 40.3 Å². The minimum atomic E-state index is -0.865. The fourth-order valence-electron chi connectivity index (χ4n) is 0.899. The van der Waals surface area contributed by atoms with Gasteiger partial charge in [0.15, 0.2) is 5.13 Å². The molecule has 0 saturated carbocycles. The number of anilines is 1. The normalized spacial score (nSPS) is 14.2. The summed E-state index contributed by atoms with van der Waals surface area (Å²) in [5.74, 6) is -0.391. The molecule has 0 fully saturated rings. The van der Waals surface area contributed by atoms with Gasteiger partial charge in [-0.3, -0.25) is 4.21 Å². The number of hydrogen-bond acceptors (Lipinski definition) is 6. The van der Waals surface area contributed by atoms with Gasteiger partial charge in [-0.15, -0.1) is 0 Å². The summed E-state index contributed by atoms with van der Waals surface area (Å²) in [6.45, 7) is 2.45. The van der Waals surface area contributed by atoms with Crippen molar-refractivity contribution >= 4 is 33.2 Å². The first-order valence-electron chi connectivity index (χ1n) is 4.64. The molecule has 1 N–H and O–H groups in total. The zero-order valence-electron chi connectivity index (χ0n) is 9.35. The molecular formula is C9H14N2O3S2. The van der Waals surface area contributed by atoms with Crippen LogP contribution in [0.15, 0.2) is 6.20 Å². The Morgan fingerprint density at radius 2 is 2.44 bits per heavy atom. The van der Waals surface area contributed by atoms with Gasteiger partial charge in [0.25, 0.3) is 0 Å². The first-order valence-corrected chi connectivity index (χ1v) is 7.08. The van der Waals surface area contributed by atoms with E-state index in [2.05, 4.69) is 15.0 Å². The van der Waals surface area contributed by atoms with Crippen molar-refractivity contribution in [2.45, 2.75) is 12.2 Å². The maximum atomic E-state index is 11.1. The second-order valence-corrected chi connectivity index (χ2v) is 6.04. The average Bonchev–Trinajstić information content (AvgIpc) is 2.73. The van der Waals surface area contributed by atoms with Gasteiger partial charge in [0.05, 0.1) is 13.3 Å². The van der Waals surface area contributed by atoms with Crippen LogP contribution in [0, 0.1) is 0 Å². The van der Waals surface area contributed by atoms with E-state index in [4.69, 9.17) is 0 Å². The molecule has 2 atom stereocenters. The van der Waals surface area contributed by atoms with Gasteiger partial charge < -0.3 is 10.1 Å². The Morgan fingerprint density at radius 3 is 3.00 bits per heavy atom. The zero-order chi connectivity index (χ0) is 12.1. The van der Waals surface area contributed by atoms with Crippen molar-refractivity contribution in [1.29, 1.82) is 0 Å². The van der Waals surface area contributed by atoms with E-state index in [0.717, 1.165) is 0 Å². The number of nitrogens with zero attached hydrogens (tertiary/aromatic N) is 1. The SMILES string of the molecule is COC(=O)c1cnc(NCC(C)S(C)=O)s1. The van der Waals surface area contributed by atoms with Crippen LogP contribution in [0.5, 0.6) is 0 Å². The Hall–Kier alpha value is -0.950. The number of rotatable bonds is 5. The monoisotopic (exact) mass is 262 g/mol. The van der Waals surface area contributed by atoms with Crippen molar-refractivity contribution in [3.8, 4) is 0 Å². The number of esters is 1. The number of nitrogens with one attached hydrogen (secondary N) is 1. The summed E-state index contributed by atoms with van der Waals surface area (Å²) >= 11 is 1.22. The highest BCUT2D eigenvalue weighted by Gasteiger charge is 2.11. The molecule has 0 radical (unpaired) electrons. The molecule has 16 heavy (non-hydrogen) atoms. The fourth-order valence-corrected chi connectivity index (χ4v) is 1.96. The molecule has 1 aromatic heterocycles. The fraction of sp³-hybridized carbons (Fsp3) is 0.556. The van der Waals surface area contributed by atoms with Crippen LogP contribution in [0.25, 0.3) is 0 Å². The van der Waals surface area contributed by atoms with E-state index in [0.29, 0.717) is 16.6 Å². The predicted octanol–water partition coefficient (Wildman–Crippen LogP) is 1.11. The number of carbonyl (C=O) groups is 1. The van der Waals surface area contributed by atoms with Gasteiger partial charge in [0.1, 0.15) is 4.88 Å². The molecule has 0 aromatic carbocycles. The van der Waals surface area contributed by atoms with Gasteiger partial charge in [0, 0.05) is 28.9 Å². The van der Waals surface area contributed by atoms with E-state index < -0.39 is 16.8 Å². The zero-order valence-corrected chi connectivity index (χ0v) is 11.0. The van der Waals surface area contributed by atoms with E-state index in [9.17, 15) is 9.00 Å². The molecule has 0 bridgehead atoms. The van der Waals surface area contributed by atoms with Crippen LogP contribution in [0.3, 0.4) is 0 Å². The molecule has 0 saturated heterocycles. The molecule has 5 nitrogen and oxygen atoms in total. The first-order chi connectivity index (χ1) is 7.54. The Labute approximate surface area is 101 Å². The van der Waals surface area contributed by atoms with Crippen LogP contribution in [0.2, 0.25) is 0 Å². The smallest absolute Gasteiger partial charge is 0.349 e. The second-order valence-electron chi connectivity index (χ2n) is 3.21. The molecule has 90 valence electrons. The quantitative estimate of drug-likeness (QED) is 0.805. The summed E-state index contributed by atoms with van der Waals surface area (Å²) in [7, 11) is 0.466. The number of thiazole rings is 1. The minimum absolute atomic E-state index is 0.0467. The lowest BCUT2D eigenvalue weighted by Gasteiger charge is -2.07. The number of aromatic nitrogens is 1. The van der Waals surface area contributed by atoms with E-state index in [-0.39, 0.29) is 5.25 Å². The van der Waals surface area contributed by atoms with Crippen LogP contribution < -0.4 is 5.32 Å². The summed E-state index contributed by atoms with van der Waals surface area (Å²) < 4.78 is 15.7. The highest BCUT2D eigenvalue weighted by Crippen LogP contribution is 2.18. The third kappa shape index (κ3) is 3.57. The molecule has 1 rings (SSSR count). The van der Waals surface area contributed by atoms with Crippen LogP contribution >= 0.6 is 11.3 Å². The molecule has 0 spiro atoms. The van der Waals surface area contributed by atoms with Crippen LogP contribution in [-0.2, 0) is 15.5 Å².